The zero-order valence-electron chi connectivity index (χ0n) is 9.48. The average molecular weight is 211 g/mol. The summed E-state index contributed by atoms with van der Waals surface area (Å²) in [7, 11) is 0. The number of hydrogen-bond donors (Lipinski definition) is 1. The first-order valence-electron chi connectivity index (χ1n) is 5.74. The van der Waals surface area contributed by atoms with Crippen LogP contribution in [0.5, 0.6) is 0 Å². The van der Waals surface area contributed by atoms with Gasteiger partial charge in [0.15, 0.2) is 0 Å². The van der Waals surface area contributed by atoms with Gasteiger partial charge >= 0.3 is 0 Å². The summed E-state index contributed by atoms with van der Waals surface area (Å²) in [5.41, 5.74) is 5.41. The second-order valence-corrected chi connectivity index (χ2v) is 3.60. The molecule has 4 heteroatoms. The maximum absolute atomic E-state index is 5.57. The van der Waals surface area contributed by atoms with E-state index in [0.29, 0.717) is 6.61 Å². The van der Waals surface area contributed by atoms with Crippen LogP contribution in [-0.2, 0) is 6.42 Å². The Morgan fingerprint density at radius 3 is 3.00 bits per heavy atom. The van der Waals surface area contributed by atoms with Crippen molar-refractivity contribution in [3.63, 3.8) is 0 Å². The van der Waals surface area contributed by atoms with E-state index in [1.807, 2.05) is 6.20 Å². The molecule has 0 unspecified atom stereocenters. The average Bonchev–Trinajstić information content (AvgIpc) is 2.69. The van der Waals surface area contributed by atoms with Crippen LogP contribution in [0.2, 0.25) is 0 Å². The van der Waals surface area contributed by atoms with Crippen molar-refractivity contribution in [3.05, 3.63) is 18.2 Å². The Hall–Kier alpha value is -1.03. The van der Waals surface area contributed by atoms with Gasteiger partial charge in [0.1, 0.15) is 12.4 Å². The Labute approximate surface area is 91.4 Å². The van der Waals surface area contributed by atoms with Crippen LogP contribution >= 0.6 is 0 Å². The summed E-state index contributed by atoms with van der Waals surface area (Å²) < 4.78 is 1.78. The molecule has 0 aromatic carbocycles. The summed E-state index contributed by atoms with van der Waals surface area (Å²) >= 11 is 0. The second kappa shape index (κ2) is 7.29. The Morgan fingerprint density at radius 2 is 2.27 bits per heavy atom. The predicted octanol–water partition coefficient (Wildman–Crippen LogP) is 1.39. The molecule has 15 heavy (non-hydrogen) atoms. The van der Waals surface area contributed by atoms with Crippen molar-refractivity contribution in [2.24, 2.45) is 5.73 Å². The molecule has 0 radical (unpaired) electrons. The van der Waals surface area contributed by atoms with Gasteiger partial charge < -0.3 is 10.6 Å². The number of hydrogen-bond acceptors (Lipinski definition) is 3. The summed E-state index contributed by atoms with van der Waals surface area (Å²) in [5.74, 6) is 1.02. The Kier molecular flexibility index (Phi) is 5.85. The van der Waals surface area contributed by atoms with Gasteiger partial charge in [-0.25, -0.2) is 4.98 Å². The van der Waals surface area contributed by atoms with E-state index in [2.05, 4.69) is 11.9 Å². The molecule has 4 nitrogen and oxygen atoms in total. The zero-order valence-corrected chi connectivity index (χ0v) is 9.48. The van der Waals surface area contributed by atoms with E-state index >= 15 is 0 Å². The standard InChI is InChI=1S/C11H21N3O/c1-2-3-6-11-13-8-9-14(11)15-10-5-4-7-12/h8-9H,2-7,10,12H2,1H3. The van der Waals surface area contributed by atoms with Crippen LogP contribution in [0.3, 0.4) is 0 Å². The first-order valence-corrected chi connectivity index (χ1v) is 5.74. The van der Waals surface area contributed by atoms with E-state index in [9.17, 15) is 0 Å². The van der Waals surface area contributed by atoms with Crippen LogP contribution in [-0.4, -0.2) is 22.9 Å². The number of unbranched alkanes of at least 4 members (excludes halogenated alkanes) is 2. The molecule has 1 aromatic rings. The van der Waals surface area contributed by atoms with E-state index in [4.69, 9.17) is 10.6 Å². The molecule has 86 valence electrons. The highest BCUT2D eigenvalue weighted by Gasteiger charge is 2.02. The SMILES string of the molecule is CCCCc1nccn1OCCCCN. The van der Waals surface area contributed by atoms with Crippen molar-refractivity contribution in [3.8, 4) is 0 Å². The van der Waals surface area contributed by atoms with Gasteiger partial charge in [0, 0.05) is 12.6 Å². The molecule has 2 N–H and O–H groups in total. The molecule has 0 saturated carbocycles. The number of nitrogens with zero attached hydrogens (tertiary/aromatic N) is 2. The first kappa shape index (κ1) is 12.0. The number of rotatable bonds is 8. The lowest BCUT2D eigenvalue weighted by atomic mass is 10.2. The van der Waals surface area contributed by atoms with Crippen LogP contribution in [0.25, 0.3) is 0 Å². The fourth-order valence-electron chi connectivity index (χ4n) is 1.36. The van der Waals surface area contributed by atoms with E-state index < -0.39 is 0 Å². The van der Waals surface area contributed by atoms with Crippen LogP contribution in [0.4, 0.5) is 0 Å². The highest BCUT2D eigenvalue weighted by molar-refractivity contribution is 4.89. The number of aromatic nitrogens is 2. The molecule has 0 aliphatic rings. The van der Waals surface area contributed by atoms with Crippen LogP contribution in [0.15, 0.2) is 12.4 Å². The van der Waals surface area contributed by atoms with Gasteiger partial charge in [-0.15, -0.1) is 0 Å². The molecule has 0 aliphatic carbocycles. The van der Waals surface area contributed by atoms with Gasteiger partial charge in [-0.05, 0) is 25.8 Å². The summed E-state index contributed by atoms with van der Waals surface area (Å²) in [6.07, 6.45) is 8.99. The van der Waals surface area contributed by atoms with E-state index in [1.54, 1.807) is 10.9 Å². The van der Waals surface area contributed by atoms with Crippen LogP contribution in [0, 0.1) is 0 Å². The lowest BCUT2D eigenvalue weighted by molar-refractivity contribution is 0.0998. The van der Waals surface area contributed by atoms with Crippen LogP contribution in [0.1, 0.15) is 38.4 Å². The smallest absolute Gasteiger partial charge is 0.144 e. The number of imidazole rings is 1. The van der Waals surface area contributed by atoms with E-state index in [0.717, 1.165) is 38.1 Å². The van der Waals surface area contributed by atoms with Gasteiger partial charge in [-0.2, -0.15) is 4.73 Å². The third-order valence-corrected chi connectivity index (χ3v) is 2.26. The molecule has 0 aliphatic heterocycles. The van der Waals surface area contributed by atoms with Crippen molar-refractivity contribution in [2.45, 2.75) is 39.0 Å². The quantitative estimate of drug-likeness (QED) is 0.661. The first-order chi connectivity index (χ1) is 7.38. The minimum Gasteiger partial charge on any atom is -0.413 e. The lowest BCUT2D eigenvalue weighted by Crippen LogP contribution is -2.16. The monoisotopic (exact) mass is 211 g/mol. The Morgan fingerprint density at radius 1 is 1.40 bits per heavy atom. The molecule has 0 saturated heterocycles. The molecular weight excluding hydrogens is 190 g/mol. The highest BCUT2D eigenvalue weighted by Crippen LogP contribution is 2.01. The fourth-order valence-corrected chi connectivity index (χ4v) is 1.36. The second-order valence-electron chi connectivity index (χ2n) is 3.60. The third kappa shape index (κ3) is 4.34. The topological polar surface area (TPSA) is 53.1 Å². The summed E-state index contributed by atoms with van der Waals surface area (Å²) in [6.45, 7) is 3.62. The van der Waals surface area contributed by atoms with E-state index in [1.165, 1.54) is 6.42 Å². The van der Waals surface area contributed by atoms with Crippen molar-refractivity contribution in [2.75, 3.05) is 13.2 Å². The third-order valence-electron chi connectivity index (χ3n) is 2.26. The maximum Gasteiger partial charge on any atom is 0.144 e. The summed E-state index contributed by atoms with van der Waals surface area (Å²) in [4.78, 5) is 9.84. The number of nitrogens with two attached hydrogens (primary N) is 1. The van der Waals surface area contributed by atoms with Crippen molar-refractivity contribution >= 4 is 0 Å². The molecule has 0 fully saturated rings. The van der Waals surface area contributed by atoms with Gasteiger partial charge in [0.05, 0.1) is 6.20 Å². The molecule has 1 aromatic heterocycles. The number of aryl methyl sites for hydroxylation is 1. The van der Waals surface area contributed by atoms with Gasteiger partial charge in [-0.3, -0.25) is 0 Å². The van der Waals surface area contributed by atoms with Gasteiger partial charge in [0.25, 0.3) is 0 Å². The van der Waals surface area contributed by atoms with Gasteiger partial charge in [-0.1, -0.05) is 13.3 Å². The lowest BCUT2D eigenvalue weighted by Gasteiger charge is -2.08. The summed E-state index contributed by atoms with van der Waals surface area (Å²) in [5, 5.41) is 0. The van der Waals surface area contributed by atoms with Crippen molar-refractivity contribution in [1.82, 2.24) is 9.71 Å². The Balaban J connectivity index is 2.29. The molecular formula is C11H21N3O. The van der Waals surface area contributed by atoms with Crippen molar-refractivity contribution in [1.29, 1.82) is 0 Å². The normalized spacial score (nSPS) is 10.5. The van der Waals surface area contributed by atoms with Crippen LogP contribution < -0.4 is 10.6 Å². The zero-order chi connectivity index (χ0) is 10.9. The maximum atomic E-state index is 5.57. The molecule has 1 heterocycles. The molecule has 0 amide bonds. The van der Waals surface area contributed by atoms with Crippen molar-refractivity contribution < 1.29 is 4.84 Å². The molecule has 0 spiro atoms. The minimum absolute atomic E-state index is 0.715. The molecule has 0 atom stereocenters. The molecule has 1 rings (SSSR count). The highest BCUT2D eigenvalue weighted by atomic mass is 16.7. The Bertz CT molecular complexity index is 260. The largest absolute Gasteiger partial charge is 0.413 e. The fraction of sp³-hybridized carbons (Fsp3) is 0.727. The predicted molar refractivity (Wildman–Crippen MR) is 60.6 cm³/mol. The minimum atomic E-state index is 0.715. The summed E-state index contributed by atoms with van der Waals surface area (Å²) in [6, 6.07) is 0. The van der Waals surface area contributed by atoms with Gasteiger partial charge in [0.2, 0.25) is 0 Å². The molecule has 0 bridgehead atoms. The van der Waals surface area contributed by atoms with E-state index in [-0.39, 0.29) is 0 Å².